The number of amides is 1. The van der Waals surface area contributed by atoms with E-state index < -0.39 is 0 Å². The molecule has 1 aromatic heterocycles. The predicted octanol–water partition coefficient (Wildman–Crippen LogP) is 1.63. The Morgan fingerprint density at radius 3 is 2.69 bits per heavy atom. The molecule has 1 amide bonds. The fourth-order valence-electron chi connectivity index (χ4n) is 1.54. The Kier molecular flexibility index (Phi) is 5.05. The van der Waals surface area contributed by atoms with E-state index in [2.05, 4.69) is 17.6 Å². The van der Waals surface area contributed by atoms with Crippen LogP contribution in [0.2, 0.25) is 0 Å². The molecule has 0 saturated carbocycles. The first-order valence-electron chi connectivity index (χ1n) is 5.71. The van der Waals surface area contributed by atoms with Gasteiger partial charge in [-0.2, -0.15) is 0 Å². The van der Waals surface area contributed by atoms with Crippen molar-refractivity contribution in [2.24, 2.45) is 0 Å². The maximum absolute atomic E-state index is 11.7. The van der Waals surface area contributed by atoms with E-state index >= 15 is 0 Å². The summed E-state index contributed by atoms with van der Waals surface area (Å²) in [7, 11) is 0. The SMILES string of the molecule is CCNCCCNC(=O)c1cc(C)oc1C. The molecular formula is C12H20N2O2. The van der Waals surface area contributed by atoms with E-state index in [1.54, 1.807) is 13.0 Å². The third kappa shape index (κ3) is 3.70. The summed E-state index contributed by atoms with van der Waals surface area (Å²) in [4.78, 5) is 11.7. The zero-order valence-electron chi connectivity index (χ0n) is 10.2. The first-order chi connectivity index (χ1) is 7.65. The van der Waals surface area contributed by atoms with Crippen molar-refractivity contribution in [2.45, 2.75) is 27.2 Å². The molecule has 16 heavy (non-hydrogen) atoms. The van der Waals surface area contributed by atoms with Gasteiger partial charge in [0.25, 0.3) is 5.91 Å². The fourth-order valence-corrected chi connectivity index (χ4v) is 1.54. The van der Waals surface area contributed by atoms with E-state index in [-0.39, 0.29) is 5.91 Å². The number of rotatable bonds is 6. The van der Waals surface area contributed by atoms with E-state index in [0.717, 1.165) is 25.3 Å². The van der Waals surface area contributed by atoms with Crippen molar-refractivity contribution in [3.8, 4) is 0 Å². The molecule has 4 nitrogen and oxygen atoms in total. The fraction of sp³-hybridized carbons (Fsp3) is 0.583. The number of carbonyl (C=O) groups excluding carboxylic acids is 1. The molecule has 90 valence electrons. The minimum Gasteiger partial charge on any atom is -0.466 e. The summed E-state index contributed by atoms with van der Waals surface area (Å²) in [5.74, 6) is 1.41. The molecular weight excluding hydrogens is 204 g/mol. The van der Waals surface area contributed by atoms with Gasteiger partial charge in [0.15, 0.2) is 0 Å². The molecule has 1 aromatic rings. The Morgan fingerprint density at radius 1 is 1.38 bits per heavy atom. The molecule has 0 spiro atoms. The Bertz CT molecular complexity index is 345. The van der Waals surface area contributed by atoms with Crippen LogP contribution in [0.4, 0.5) is 0 Å². The second-order valence-corrected chi connectivity index (χ2v) is 3.79. The van der Waals surface area contributed by atoms with E-state index in [0.29, 0.717) is 17.9 Å². The van der Waals surface area contributed by atoms with Gasteiger partial charge in [-0.05, 0) is 39.4 Å². The Morgan fingerprint density at radius 2 is 2.12 bits per heavy atom. The van der Waals surface area contributed by atoms with Crippen LogP contribution in [-0.4, -0.2) is 25.5 Å². The molecule has 1 rings (SSSR count). The average Bonchev–Trinajstić information content (AvgIpc) is 2.57. The van der Waals surface area contributed by atoms with Crippen molar-refractivity contribution in [1.29, 1.82) is 0 Å². The van der Waals surface area contributed by atoms with Crippen molar-refractivity contribution in [2.75, 3.05) is 19.6 Å². The summed E-state index contributed by atoms with van der Waals surface area (Å²) >= 11 is 0. The van der Waals surface area contributed by atoms with Crippen molar-refractivity contribution >= 4 is 5.91 Å². The smallest absolute Gasteiger partial charge is 0.254 e. The minimum atomic E-state index is -0.0501. The van der Waals surface area contributed by atoms with Crippen molar-refractivity contribution in [3.63, 3.8) is 0 Å². The normalized spacial score (nSPS) is 10.4. The molecule has 0 saturated heterocycles. The van der Waals surface area contributed by atoms with E-state index in [9.17, 15) is 4.79 Å². The standard InChI is InChI=1S/C12H20N2O2/c1-4-13-6-5-7-14-12(15)11-8-9(2)16-10(11)3/h8,13H,4-7H2,1-3H3,(H,14,15). The highest BCUT2D eigenvalue weighted by atomic mass is 16.3. The van der Waals surface area contributed by atoms with Gasteiger partial charge >= 0.3 is 0 Å². The maximum atomic E-state index is 11.7. The monoisotopic (exact) mass is 224 g/mol. The van der Waals surface area contributed by atoms with Gasteiger partial charge in [0.05, 0.1) is 5.56 Å². The van der Waals surface area contributed by atoms with Crippen molar-refractivity contribution in [3.05, 3.63) is 23.2 Å². The summed E-state index contributed by atoms with van der Waals surface area (Å²) in [6.45, 7) is 8.30. The van der Waals surface area contributed by atoms with Crippen LogP contribution in [0.3, 0.4) is 0 Å². The number of nitrogens with one attached hydrogen (secondary N) is 2. The highest BCUT2D eigenvalue weighted by Gasteiger charge is 2.12. The molecule has 2 N–H and O–H groups in total. The highest BCUT2D eigenvalue weighted by Crippen LogP contribution is 2.12. The molecule has 0 aromatic carbocycles. The number of aryl methyl sites for hydroxylation is 2. The molecule has 0 bridgehead atoms. The van der Waals surface area contributed by atoms with E-state index in [1.807, 2.05) is 6.92 Å². The summed E-state index contributed by atoms with van der Waals surface area (Å²) in [6, 6.07) is 1.77. The zero-order valence-corrected chi connectivity index (χ0v) is 10.2. The van der Waals surface area contributed by atoms with Crippen LogP contribution < -0.4 is 10.6 Å². The maximum Gasteiger partial charge on any atom is 0.254 e. The van der Waals surface area contributed by atoms with Crippen LogP contribution >= 0.6 is 0 Å². The number of carbonyl (C=O) groups is 1. The number of furan rings is 1. The molecule has 0 unspecified atom stereocenters. The second kappa shape index (κ2) is 6.33. The van der Waals surface area contributed by atoms with Gasteiger partial charge in [0, 0.05) is 6.54 Å². The van der Waals surface area contributed by atoms with Gasteiger partial charge in [-0.25, -0.2) is 0 Å². The Balaban J connectivity index is 2.33. The average molecular weight is 224 g/mol. The quantitative estimate of drug-likeness (QED) is 0.722. The lowest BCUT2D eigenvalue weighted by molar-refractivity contribution is 0.0952. The molecule has 0 aliphatic rings. The lowest BCUT2D eigenvalue weighted by atomic mass is 10.2. The van der Waals surface area contributed by atoms with Gasteiger partial charge in [-0.3, -0.25) is 4.79 Å². The molecule has 4 heteroatoms. The largest absolute Gasteiger partial charge is 0.466 e. The van der Waals surface area contributed by atoms with Crippen molar-refractivity contribution in [1.82, 2.24) is 10.6 Å². The molecule has 0 fully saturated rings. The minimum absolute atomic E-state index is 0.0501. The van der Waals surface area contributed by atoms with Gasteiger partial charge in [0.1, 0.15) is 11.5 Å². The van der Waals surface area contributed by atoms with Crippen molar-refractivity contribution < 1.29 is 9.21 Å². The summed E-state index contributed by atoms with van der Waals surface area (Å²) < 4.78 is 5.31. The zero-order chi connectivity index (χ0) is 12.0. The van der Waals surface area contributed by atoms with Gasteiger partial charge < -0.3 is 15.1 Å². The number of hydrogen-bond donors (Lipinski definition) is 2. The van der Waals surface area contributed by atoms with Gasteiger partial charge in [0.2, 0.25) is 0 Å². The Labute approximate surface area is 96.4 Å². The summed E-state index contributed by atoms with van der Waals surface area (Å²) in [5, 5.41) is 6.08. The molecule has 0 aliphatic carbocycles. The molecule has 1 heterocycles. The summed E-state index contributed by atoms with van der Waals surface area (Å²) in [5.41, 5.74) is 0.640. The third-order valence-electron chi connectivity index (χ3n) is 2.35. The predicted molar refractivity (Wildman–Crippen MR) is 63.7 cm³/mol. The topological polar surface area (TPSA) is 54.3 Å². The van der Waals surface area contributed by atoms with Crippen LogP contribution in [0.5, 0.6) is 0 Å². The third-order valence-corrected chi connectivity index (χ3v) is 2.35. The lowest BCUT2D eigenvalue weighted by Gasteiger charge is -2.04. The molecule has 0 atom stereocenters. The highest BCUT2D eigenvalue weighted by molar-refractivity contribution is 5.95. The van der Waals surface area contributed by atoms with Crippen LogP contribution in [0.15, 0.2) is 10.5 Å². The lowest BCUT2D eigenvalue weighted by Crippen LogP contribution is -2.27. The van der Waals surface area contributed by atoms with Crippen LogP contribution in [0.1, 0.15) is 35.2 Å². The molecule has 0 radical (unpaired) electrons. The molecule has 0 aliphatic heterocycles. The first kappa shape index (κ1) is 12.8. The Hall–Kier alpha value is -1.29. The number of hydrogen-bond acceptors (Lipinski definition) is 3. The summed E-state index contributed by atoms with van der Waals surface area (Å²) in [6.07, 6.45) is 0.940. The first-order valence-corrected chi connectivity index (χ1v) is 5.71. The van der Waals surface area contributed by atoms with Crippen LogP contribution in [0, 0.1) is 13.8 Å². The van der Waals surface area contributed by atoms with E-state index in [1.165, 1.54) is 0 Å². The second-order valence-electron chi connectivity index (χ2n) is 3.79. The van der Waals surface area contributed by atoms with Gasteiger partial charge in [-0.1, -0.05) is 6.92 Å². The van der Waals surface area contributed by atoms with E-state index in [4.69, 9.17) is 4.42 Å². The van der Waals surface area contributed by atoms with Crippen LogP contribution in [-0.2, 0) is 0 Å². The van der Waals surface area contributed by atoms with Gasteiger partial charge in [-0.15, -0.1) is 0 Å². The van der Waals surface area contributed by atoms with Crippen LogP contribution in [0.25, 0.3) is 0 Å².